The number of benzene rings is 2. The molecule has 0 aliphatic rings. The van der Waals surface area contributed by atoms with Crippen LogP contribution in [0.25, 0.3) is 0 Å². The van der Waals surface area contributed by atoms with E-state index in [0.29, 0.717) is 30.8 Å². The maximum absolute atomic E-state index is 11.7. The first-order valence-electron chi connectivity index (χ1n) is 9.18. The summed E-state index contributed by atoms with van der Waals surface area (Å²) in [4.78, 5) is 25.3. The Hall–Kier alpha value is -2.32. The fraction of sp³-hybridized carbons (Fsp3) is 0.333. The first-order chi connectivity index (χ1) is 14.0. The molecule has 0 aromatic heterocycles. The van der Waals surface area contributed by atoms with E-state index in [9.17, 15) is 19.8 Å². The summed E-state index contributed by atoms with van der Waals surface area (Å²) in [5.41, 5.74) is 0. The van der Waals surface area contributed by atoms with E-state index >= 15 is 0 Å². The third kappa shape index (κ3) is 10.1. The number of thioether (sulfide) groups is 2. The second kappa shape index (κ2) is 13.0. The van der Waals surface area contributed by atoms with Crippen molar-refractivity contribution < 1.29 is 29.3 Å². The molecule has 0 aliphatic carbocycles. The minimum atomic E-state index is -0.284. The van der Waals surface area contributed by atoms with Crippen LogP contribution >= 0.6 is 23.5 Å². The van der Waals surface area contributed by atoms with Crippen molar-refractivity contribution in [1.82, 2.24) is 0 Å². The van der Waals surface area contributed by atoms with Gasteiger partial charge in [-0.1, -0.05) is 0 Å². The summed E-state index contributed by atoms with van der Waals surface area (Å²) < 4.78 is 10.2. The molecule has 8 heteroatoms. The molecular weight excluding hydrogens is 412 g/mol. The third-order valence-corrected chi connectivity index (χ3v) is 5.67. The van der Waals surface area contributed by atoms with Gasteiger partial charge in [-0.05, 0) is 48.5 Å². The Balaban J connectivity index is 1.45. The molecule has 0 radical (unpaired) electrons. The molecule has 2 N–H and O–H groups in total. The summed E-state index contributed by atoms with van der Waals surface area (Å²) in [6.07, 6.45) is 1.05. The number of carbonyl (C=O) groups is 2. The number of phenolic OH excluding ortho intramolecular Hbond substituents is 2. The van der Waals surface area contributed by atoms with Crippen LogP contribution in [0.3, 0.4) is 0 Å². The third-order valence-electron chi connectivity index (χ3n) is 3.64. The molecule has 2 rings (SSSR count). The highest BCUT2D eigenvalue weighted by Gasteiger charge is 2.06. The van der Waals surface area contributed by atoms with Gasteiger partial charge in [-0.15, -0.1) is 23.5 Å². The maximum atomic E-state index is 11.7. The summed E-state index contributed by atoms with van der Waals surface area (Å²) in [6.45, 7) is 0.441. The Morgan fingerprint density at radius 3 is 1.45 bits per heavy atom. The van der Waals surface area contributed by atoms with Gasteiger partial charge in [-0.25, -0.2) is 0 Å². The first kappa shape index (κ1) is 23.0. The zero-order valence-electron chi connectivity index (χ0n) is 15.9. The van der Waals surface area contributed by atoms with Gasteiger partial charge in [0.25, 0.3) is 0 Å². The van der Waals surface area contributed by atoms with Gasteiger partial charge in [-0.2, -0.15) is 0 Å². The van der Waals surface area contributed by atoms with Crippen molar-refractivity contribution in [1.29, 1.82) is 0 Å². The molecule has 156 valence electrons. The first-order valence-corrected chi connectivity index (χ1v) is 11.1. The average molecular weight is 437 g/mol. The van der Waals surface area contributed by atoms with Crippen molar-refractivity contribution in [3.8, 4) is 11.5 Å². The Kier molecular flexibility index (Phi) is 10.3. The van der Waals surface area contributed by atoms with Crippen LogP contribution in [0.1, 0.15) is 19.3 Å². The number of esters is 2. The second-order valence-corrected chi connectivity index (χ2v) is 8.32. The molecule has 2 aromatic rings. The number of hydrogen-bond acceptors (Lipinski definition) is 8. The summed E-state index contributed by atoms with van der Waals surface area (Å²) in [7, 11) is 0. The topological polar surface area (TPSA) is 93.1 Å². The van der Waals surface area contributed by atoms with Crippen molar-refractivity contribution in [3.05, 3.63) is 48.5 Å². The van der Waals surface area contributed by atoms with Gasteiger partial charge in [0.1, 0.15) is 11.5 Å². The maximum Gasteiger partial charge on any atom is 0.306 e. The van der Waals surface area contributed by atoms with Gasteiger partial charge >= 0.3 is 11.9 Å². The highest BCUT2D eigenvalue weighted by molar-refractivity contribution is 7.99. The molecule has 0 atom stereocenters. The van der Waals surface area contributed by atoms with Crippen LogP contribution in [0.2, 0.25) is 0 Å². The SMILES string of the molecule is O=C(CCSc1ccc(O)cc1)OCCCOC(=O)CCSc1ccc(O)cc1. The van der Waals surface area contributed by atoms with Gasteiger partial charge in [0.2, 0.25) is 0 Å². The predicted molar refractivity (Wildman–Crippen MR) is 113 cm³/mol. The second-order valence-electron chi connectivity index (χ2n) is 5.98. The van der Waals surface area contributed by atoms with Crippen LogP contribution in [0.15, 0.2) is 58.3 Å². The number of aromatic hydroxyl groups is 2. The van der Waals surface area contributed by atoms with Gasteiger partial charge in [0, 0.05) is 27.7 Å². The van der Waals surface area contributed by atoms with Gasteiger partial charge in [0.05, 0.1) is 26.1 Å². The van der Waals surface area contributed by atoms with Crippen molar-refractivity contribution in [2.24, 2.45) is 0 Å². The lowest BCUT2D eigenvalue weighted by atomic mass is 10.3. The van der Waals surface area contributed by atoms with Crippen LogP contribution in [-0.2, 0) is 19.1 Å². The van der Waals surface area contributed by atoms with Gasteiger partial charge < -0.3 is 19.7 Å². The summed E-state index contributed by atoms with van der Waals surface area (Å²) in [5, 5.41) is 18.4. The molecule has 0 bridgehead atoms. The van der Waals surface area contributed by atoms with Crippen molar-refractivity contribution in [3.63, 3.8) is 0 Å². The summed E-state index contributed by atoms with van der Waals surface area (Å²) in [5.74, 6) is 1.05. The molecule has 0 unspecified atom stereocenters. The van der Waals surface area contributed by atoms with Crippen LogP contribution in [0.5, 0.6) is 11.5 Å². The van der Waals surface area contributed by atoms with Crippen molar-refractivity contribution >= 4 is 35.5 Å². The quantitative estimate of drug-likeness (QED) is 0.290. The van der Waals surface area contributed by atoms with E-state index in [-0.39, 0.29) is 36.7 Å². The van der Waals surface area contributed by atoms with Gasteiger partial charge in [0.15, 0.2) is 0 Å². The minimum absolute atomic E-state index is 0.213. The molecule has 0 saturated carbocycles. The molecule has 6 nitrogen and oxygen atoms in total. The van der Waals surface area contributed by atoms with Crippen LogP contribution in [0.4, 0.5) is 0 Å². The van der Waals surface area contributed by atoms with E-state index < -0.39 is 0 Å². The van der Waals surface area contributed by atoms with Gasteiger partial charge in [-0.3, -0.25) is 9.59 Å². The zero-order chi connectivity index (χ0) is 20.9. The minimum Gasteiger partial charge on any atom is -0.508 e. The molecule has 0 heterocycles. The summed E-state index contributed by atoms with van der Waals surface area (Å²) >= 11 is 3.03. The molecular formula is C21H24O6S2. The Morgan fingerprint density at radius 1 is 0.690 bits per heavy atom. The van der Waals surface area contributed by atoms with Crippen LogP contribution in [0, 0.1) is 0 Å². The van der Waals surface area contributed by atoms with Crippen LogP contribution < -0.4 is 0 Å². The smallest absolute Gasteiger partial charge is 0.306 e. The highest BCUT2D eigenvalue weighted by atomic mass is 32.2. The molecule has 0 spiro atoms. The molecule has 0 fully saturated rings. The lowest BCUT2D eigenvalue weighted by molar-refractivity contribution is -0.145. The Morgan fingerprint density at radius 2 is 1.07 bits per heavy atom. The van der Waals surface area contributed by atoms with E-state index in [2.05, 4.69) is 0 Å². The molecule has 2 aromatic carbocycles. The Bertz CT molecular complexity index is 696. The zero-order valence-corrected chi connectivity index (χ0v) is 17.5. The number of hydrogen-bond donors (Lipinski definition) is 2. The van der Waals surface area contributed by atoms with Crippen molar-refractivity contribution in [2.75, 3.05) is 24.7 Å². The number of phenols is 2. The van der Waals surface area contributed by atoms with Crippen LogP contribution in [-0.4, -0.2) is 46.9 Å². The lowest BCUT2D eigenvalue weighted by Crippen LogP contribution is -2.11. The van der Waals surface area contributed by atoms with Crippen molar-refractivity contribution in [2.45, 2.75) is 29.1 Å². The largest absolute Gasteiger partial charge is 0.508 e. The average Bonchev–Trinajstić information content (AvgIpc) is 2.71. The monoisotopic (exact) mass is 436 g/mol. The summed E-state index contributed by atoms with van der Waals surface area (Å²) in [6, 6.07) is 13.6. The molecule has 0 aliphatic heterocycles. The molecule has 0 saturated heterocycles. The fourth-order valence-electron chi connectivity index (χ4n) is 2.16. The normalized spacial score (nSPS) is 10.5. The standard InChI is InChI=1S/C21H24O6S2/c22-16-2-6-18(7-3-16)28-14-10-20(24)26-12-1-13-27-21(25)11-15-29-19-8-4-17(23)5-9-19/h2-9,22-23H,1,10-15H2. The van der Waals surface area contributed by atoms with E-state index in [1.165, 1.54) is 23.5 Å². The Labute approximate surface area is 178 Å². The molecule has 29 heavy (non-hydrogen) atoms. The number of ether oxygens (including phenoxy) is 2. The van der Waals surface area contributed by atoms with E-state index in [1.807, 2.05) is 0 Å². The molecule has 0 amide bonds. The predicted octanol–water partition coefficient (Wildman–Crippen LogP) is 4.24. The number of rotatable bonds is 12. The fourth-order valence-corrected chi connectivity index (χ4v) is 3.83. The van der Waals surface area contributed by atoms with E-state index in [1.54, 1.807) is 48.5 Å². The lowest BCUT2D eigenvalue weighted by Gasteiger charge is -2.07. The van der Waals surface area contributed by atoms with E-state index in [4.69, 9.17) is 9.47 Å². The van der Waals surface area contributed by atoms with E-state index in [0.717, 1.165) is 9.79 Å². The number of carbonyl (C=O) groups excluding carboxylic acids is 2. The highest BCUT2D eigenvalue weighted by Crippen LogP contribution is 2.22.